The minimum Gasteiger partial charge on any atom is -0.303 e. The van der Waals surface area contributed by atoms with E-state index in [-0.39, 0.29) is 4.90 Å². The summed E-state index contributed by atoms with van der Waals surface area (Å²) in [5.41, 5.74) is 3.48. The predicted molar refractivity (Wildman–Crippen MR) is 109 cm³/mol. The summed E-state index contributed by atoms with van der Waals surface area (Å²) in [7, 11) is -3.72. The van der Waals surface area contributed by atoms with E-state index in [0.29, 0.717) is 24.8 Å². The highest BCUT2D eigenvalue weighted by atomic mass is 32.2. The van der Waals surface area contributed by atoms with Crippen molar-refractivity contribution in [2.75, 3.05) is 0 Å². The van der Waals surface area contributed by atoms with Crippen LogP contribution in [0.1, 0.15) is 43.0 Å². The van der Waals surface area contributed by atoms with Crippen LogP contribution < -0.4 is 0 Å². The zero-order valence-electron chi connectivity index (χ0n) is 15.8. The second-order valence-electron chi connectivity index (χ2n) is 6.83. The summed E-state index contributed by atoms with van der Waals surface area (Å²) in [5.74, 6) is 0. The zero-order chi connectivity index (χ0) is 19.4. The second kappa shape index (κ2) is 8.09. The first kappa shape index (κ1) is 19.4. The third-order valence-corrected chi connectivity index (χ3v) is 6.65. The summed E-state index contributed by atoms with van der Waals surface area (Å²) in [6.45, 7) is 4.03. The molecular formula is C22H25NO3S. The van der Waals surface area contributed by atoms with Crippen LogP contribution in [0.25, 0.3) is 10.9 Å². The van der Waals surface area contributed by atoms with Gasteiger partial charge in [-0.2, -0.15) is 0 Å². The van der Waals surface area contributed by atoms with Crippen molar-refractivity contribution in [3.05, 3.63) is 65.4 Å². The molecule has 0 saturated carbocycles. The Morgan fingerprint density at radius 1 is 1.00 bits per heavy atom. The molecule has 0 radical (unpaired) electrons. The highest BCUT2D eigenvalue weighted by Gasteiger charge is 2.26. The van der Waals surface area contributed by atoms with Crippen LogP contribution in [0, 0.1) is 6.92 Å². The Morgan fingerprint density at radius 3 is 2.37 bits per heavy atom. The van der Waals surface area contributed by atoms with Gasteiger partial charge >= 0.3 is 0 Å². The molecule has 2 aromatic carbocycles. The molecule has 0 N–H and O–H groups in total. The standard InChI is InChI=1S/C22H25NO3S/c1-3-4-10-21-20(9-7-16-24)19-8-5-6-11-22(19)23(21)27(25,26)18-14-12-17(2)13-15-18/h5-6,8,11-16H,3-4,7,9-10H2,1-2H3. The molecule has 5 heteroatoms. The van der Waals surface area contributed by atoms with Crippen molar-refractivity contribution in [1.29, 1.82) is 0 Å². The van der Waals surface area contributed by atoms with Gasteiger partial charge in [0.15, 0.2) is 0 Å². The maximum atomic E-state index is 13.5. The van der Waals surface area contributed by atoms with Gasteiger partial charge in [-0.05, 0) is 49.9 Å². The Morgan fingerprint density at radius 2 is 1.70 bits per heavy atom. The van der Waals surface area contributed by atoms with Crippen molar-refractivity contribution in [2.24, 2.45) is 0 Å². The summed E-state index contributed by atoms with van der Waals surface area (Å²) in [6.07, 6.45) is 4.37. The first-order valence-corrected chi connectivity index (χ1v) is 10.8. The van der Waals surface area contributed by atoms with Gasteiger partial charge in [-0.25, -0.2) is 12.4 Å². The summed E-state index contributed by atoms with van der Waals surface area (Å²) in [4.78, 5) is 11.3. The molecule has 0 aliphatic carbocycles. The van der Waals surface area contributed by atoms with Gasteiger partial charge in [-0.15, -0.1) is 0 Å². The number of unbranched alkanes of at least 4 members (excludes halogenated alkanes) is 1. The number of rotatable bonds is 8. The predicted octanol–water partition coefficient (Wildman–Crippen LogP) is 4.66. The van der Waals surface area contributed by atoms with Crippen LogP contribution in [0.5, 0.6) is 0 Å². The van der Waals surface area contributed by atoms with E-state index in [1.54, 1.807) is 12.1 Å². The first-order valence-electron chi connectivity index (χ1n) is 9.37. The van der Waals surface area contributed by atoms with E-state index in [0.717, 1.165) is 41.3 Å². The highest BCUT2D eigenvalue weighted by Crippen LogP contribution is 2.32. The lowest BCUT2D eigenvalue weighted by molar-refractivity contribution is -0.107. The maximum absolute atomic E-state index is 13.5. The van der Waals surface area contributed by atoms with Crippen molar-refractivity contribution in [2.45, 2.75) is 50.8 Å². The molecule has 0 aliphatic rings. The SMILES string of the molecule is CCCCc1c(CCC=O)c2ccccc2n1S(=O)(=O)c1ccc(C)cc1. The van der Waals surface area contributed by atoms with Crippen LogP contribution in [-0.4, -0.2) is 18.7 Å². The molecule has 1 aromatic heterocycles. The van der Waals surface area contributed by atoms with Gasteiger partial charge in [0.1, 0.15) is 6.29 Å². The lowest BCUT2D eigenvalue weighted by Gasteiger charge is -2.13. The number of carbonyl (C=O) groups is 1. The molecule has 0 aliphatic heterocycles. The lowest BCUT2D eigenvalue weighted by atomic mass is 10.0. The fourth-order valence-electron chi connectivity index (χ4n) is 3.50. The summed E-state index contributed by atoms with van der Waals surface area (Å²) < 4.78 is 28.6. The average molecular weight is 384 g/mol. The molecule has 0 atom stereocenters. The number of benzene rings is 2. The Bertz CT molecular complexity index is 1050. The van der Waals surface area contributed by atoms with E-state index >= 15 is 0 Å². The van der Waals surface area contributed by atoms with Crippen LogP contribution in [0.15, 0.2) is 53.4 Å². The average Bonchev–Trinajstić information content (AvgIpc) is 2.99. The lowest BCUT2D eigenvalue weighted by Crippen LogP contribution is -2.16. The van der Waals surface area contributed by atoms with Crippen LogP contribution in [0.3, 0.4) is 0 Å². The minimum absolute atomic E-state index is 0.286. The van der Waals surface area contributed by atoms with Crippen LogP contribution >= 0.6 is 0 Å². The van der Waals surface area contributed by atoms with Gasteiger partial charge in [-0.1, -0.05) is 49.2 Å². The Hall–Kier alpha value is -2.40. The molecular weight excluding hydrogens is 358 g/mol. The number of aromatic nitrogens is 1. The molecule has 0 fully saturated rings. The number of aldehydes is 1. The van der Waals surface area contributed by atoms with E-state index in [9.17, 15) is 13.2 Å². The van der Waals surface area contributed by atoms with Gasteiger partial charge in [0.2, 0.25) is 0 Å². The monoisotopic (exact) mass is 383 g/mol. The third-order valence-electron chi connectivity index (χ3n) is 4.88. The summed E-state index contributed by atoms with van der Waals surface area (Å²) >= 11 is 0. The van der Waals surface area contributed by atoms with Gasteiger partial charge in [0.05, 0.1) is 10.4 Å². The molecule has 1 heterocycles. The quantitative estimate of drug-likeness (QED) is 0.532. The topological polar surface area (TPSA) is 56.1 Å². The zero-order valence-corrected chi connectivity index (χ0v) is 16.6. The molecule has 27 heavy (non-hydrogen) atoms. The van der Waals surface area contributed by atoms with Gasteiger partial charge in [0, 0.05) is 17.5 Å². The molecule has 0 saturated heterocycles. The number of para-hydroxylation sites is 1. The molecule has 0 spiro atoms. The third kappa shape index (κ3) is 3.69. The number of aryl methyl sites for hydroxylation is 2. The number of nitrogens with zero attached hydrogens (tertiary/aromatic N) is 1. The fraction of sp³-hybridized carbons (Fsp3) is 0.318. The van der Waals surface area contributed by atoms with Crippen molar-refractivity contribution >= 4 is 27.2 Å². The summed E-state index contributed by atoms with van der Waals surface area (Å²) in [6, 6.07) is 14.5. The maximum Gasteiger partial charge on any atom is 0.268 e. The Kier molecular flexibility index (Phi) is 5.80. The molecule has 142 valence electrons. The molecule has 0 unspecified atom stereocenters. The molecule has 4 nitrogen and oxygen atoms in total. The highest BCUT2D eigenvalue weighted by molar-refractivity contribution is 7.90. The van der Waals surface area contributed by atoms with Crippen molar-refractivity contribution < 1.29 is 13.2 Å². The van der Waals surface area contributed by atoms with Gasteiger partial charge < -0.3 is 4.79 Å². The molecule has 3 rings (SSSR count). The van der Waals surface area contributed by atoms with E-state index < -0.39 is 10.0 Å². The van der Waals surface area contributed by atoms with E-state index in [2.05, 4.69) is 6.92 Å². The summed E-state index contributed by atoms with van der Waals surface area (Å²) in [5, 5.41) is 0.918. The smallest absolute Gasteiger partial charge is 0.268 e. The first-order chi connectivity index (χ1) is 13.0. The van der Waals surface area contributed by atoms with E-state index in [1.165, 1.54) is 3.97 Å². The minimum atomic E-state index is -3.72. The van der Waals surface area contributed by atoms with Crippen LogP contribution in [-0.2, 0) is 27.7 Å². The number of carbonyl (C=O) groups excluding carboxylic acids is 1. The van der Waals surface area contributed by atoms with Crippen molar-refractivity contribution in [1.82, 2.24) is 3.97 Å². The number of hydrogen-bond donors (Lipinski definition) is 0. The van der Waals surface area contributed by atoms with Gasteiger partial charge in [-0.3, -0.25) is 0 Å². The molecule has 3 aromatic rings. The van der Waals surface area contributed by atoms with Crippen molar-refractivity contribution in [3.63, 3.8) is 0 Å². The van der Waals surface area contributed by atoms with Crippen molar-refractivity contribution in [3.8, 4) is 0 Å². The Balaban J connectivity index is 2.29. The number of fused-ring (bicyclic) bond motifs is 1. The van der Waals surface area contributed by atoms with Gasteiger partial charge in [0.25, 0.3) is 10.0 Å². The Labute approximate surface area is 160 Å². The molecule has 0 amide bonds. The number of hydrogen-bond acceptors (Lipinski definition) is 3. The fourth-order valence-corrected chi connectivity index (χ4v) is 5.10. The van der Waals surface area contributed by atoms with E-state index in [1.807, 2.05) is 43.3 Å². The normalized spacial score (nSPS) is 11.8. The largest absolute Gasteiger partial charge is 0.303 e. The second-order valence-corrected chi connectivity index (χ2v) is 8.62. The van der Waals surface area contributed by atoms with E-state index in [4.69, 9.17) is 0 Å². The molecule has 0 bridgehead atoms. The van der Waals surface area contributed by atoms with Crippen LogP contribution in [0.4, 0.5) is 0 Å². The van der Waals surface area contributed by atoms with Crippen LogP contribution in [0.2, 0.25) is 0 Å².